The molecule has 78 valence electrons. The average Bonchev–Trinajstić information content (AvgIpc) is 2.29. The summed E-state index contributed by atoms with van der Waals surface area (Å²) < 4.78 is 26.8. The molecule has 0 spiro atoms. The van der Waals surface area contributed by atoms with Crippen LogP contribution in [0, 0.1) is 5.92 Å². The molecule has 1 aliphatic heterocycles. The number of rotatable bonds is 3. The Morgan fingerprint density at radius 3 is 2.54 bits per heavy atom. The molecule has 0 aliphatic carbocycles. The molecule has 13 heavy (non-hydrogen) atoms. The van der Waals surface area contributed by atoms with Crippen LogP contribution in [0.4, 0.5) is 8.78 Å². The van der Waals surface area contributed by atoms with E-state index < -0.39 is 11.8 Å². The van der Waals surface area contributed by atoms with Crippen molar-refractivity contribution in [2.45, 2.75) is 37.4 Å². The topological polar surface area (TPSA) is 26.0 Å². The van der Waals surface area contributed by atoms with Crippen molar-refractivity contribution in [1.29, 1.82) is 0 Å². The van der Waals surface area contributed by atoms with Crippen LogP contribution in [0.5, 0.6) is 0 Å². The van der Waals surface area contributed by atoms with Crippen LogP contribution in [-0.2, 0) is 0 Å². The molecular formula is C9H17F2NS. The normalized spacial score (nSPS) is 27.9. The summed E-state index contributed by atoms with van der Waals surface area (Å²) >= 11 is 1.64. The van der Waals surface area contributed by atoms with E-state index in [-0.39, 0.29) is 17.7 Å². The molecule has 1 fully saturated rings. The zero-order valence-corrected chi connectivity index (χ0v) is 8.96. The Bertz CT molecular complexity index is 182. The highest BCUT2D eigenvalue weighted by atomic mass is 32.2. The summed E-state index contributed by atoms with van der Waals surface area (Å²) in [4.78, 5) is 0. The molecule has 4 heteroatoms. The van der Waals surface area contributed by atoms with Gasteiger partial charge in [0.05, 0.1) is 0 Å². The van der Waals surface area contributed by atoms with E-state index in [4.69, 9.17) is 5.73 Å². The number of halogens is 2. The molecule has 1 unspecified atom stereocenters. The first-order chi connectivity index (χ1) is 5.90. The van der Waals surface area contributed by atoms with Gasteiger partial charge in [0.1, 0.15) is 0 Å². The van der Waals surface area contributed by atoms with Gasteiger partial charge in [0.25, 0.3) is 5.92 Å². The van der Waals surface area contributed by atoms with Crippen LogP contribution >= 0.6 is 11.8 Å². The fourth-order valence-corrected chi connectivity index (χ4v) is 3.35. The van der Waals surface area contributed by atoms with Crippen molar-refractivity contribution in [3.05, 3.63) is 0 Å². The molecule has 1 rings (SSSR count). The molecule has 1 saturated heterocycles. The van der Waals surface area contributed by atoms with Crippen LogP contribution in [0.2, 0.25) is 0 Å². The predicted molar refractivity (Wildman–Crippen MR) is 53.3 cm³/mol. The maximum atomic E-state index is 13.5. The van der Waals surface area contributed by atoms with Gasteiger partial charge in [-0.2, -0.15) is 11.8 Å². The molecule has 0 aromatic rings. The van der Waals surface area contributed by atoms with Gasteiger partial charge >= 0.3 is 0 Å². The zero-order chi connectivity index (χ0) is 10.1. The third kappa shape index (κ3) is 2.34. The quantitative estimate of drug-likeness (QED) is 0.773. The smallest absolute Gasteiger partial charge is 0.253 e. The Kier molecular flexibility index (Phi) is 3.23. The van der Waals surface area contributed by atoms with Crippen molar-refractivity contribution in [2.75, 3.05) is 12.3 Å². The number of hydrogen-bond donors (Lipinski definition) is 1. The molecule has 0 aromatic carbocycles. The molecule has 0 amide bonds. The van der Waals surface area contributed by atoms with Crippen molar-refractivity contribution >= 4 is 11.8 Å². The lowest BCUT2D eigenvalue weighted by molar-refractivity contribution is -0.0711. The van der Waals surface area contributed by atoms with E-state index >= 15 is 0 Å². The summed E-state index contributed by atoms with van der Waals surface area (Å²) in [6, 6.07) is 0. The number of nitrogens with two attached hydrogens (primary N) is 1. The van der Waals surface area contributed by atoms with Gasteiger partial charge in [-0.05, 0) is 18.7 Å². The summed E-state index contributed by atoms with van der Waals surface area (Å²) in [7, 11) is 0. The largest absolute Gasteiger partial charge is 0.330 e. The third-order valence-electron chi connectivity index (χ3n) is 2.71. The molecule has 1 nitrogen and oxygen atoms in total. The molecule has 0 bridgehead atoms. The number of alkyl halides is 2. The van der Waals surface area contributed by atoms with Crippen LogP contribution in [0.3, 0.4) is 0 Å². The monoisotopic (exact) mass is 209 g/mol. The molecular weight excluding hydrogens is 192 g/mol. The Balaban J connectivity index is 2.69. The van der Waals surface area contributed by atoms with Crippen molar-refractivity contribution in [3.8, 4) is 0 Å². The highest BCUT2D eigenvalue weighted by Crippen LogP contribution is 2.50. The lowest BCUT2D eigenvalue weighted by Gasteiger charge is -2.32. The maximum Gasteiger partial charge on any atom is 0.253 e. The van der Waals surface area contributed by atoms with E-state index in [1.54, 1.807) is 11.8 Å². The first kappa shape index (κ1) is 11.2. The van der Waals surface area contributed by atoms with Gasteiger partial charge in [0.15, 0.2) is 0 Å². The molecule has 2 N–H and O–H groups in total. The molecule has 0 radical (unpaired) electrons. The summed E-state index contributed by atoms with van der Waals surface area (Å²) in [5.74, 6) is -2.24. The van der Waals surface area contributed by atoms with Gasteiger partial charge in [0.2, 0.25) is 0 Å². The second-order valence-electron chi connectivity index (χ2n) is 4.09. The van der Waals surface area contributed by atoms with Crippen LogP contribution in [0.15, 0.2) is 0 Å². The molecule has 1 atom stereocenters. The van der Waals surface area contributed by atoms with Crippen LogP contribution in [0.1, 0.15) is 26.7 Å². The Hall–Kier alpha value is 0.170. The van der Waals surface area contributed by atoms with E-state index in [2.05, 4.69) is 0 Å². The van der Waals surface area contributed by atoms with Crippen LogP contribution < -0.4 is 5.73 Å². The minimum Gasteiger partial charge on any atom is -0.330 e. The highest BCUT2D eigenvalue weighted by Gasteiger charge is 2.50. The second kappa shape index (κ2) is 3.73. The van der Waals surface area contributed by atoms with Gasteiger partial charge in [-0.1, -0.05) is 13.8 Å². The minimum atomic E-state index is -2.58. The summed E-state index contributed by atoms with van der Waals surface area (Å²) in [6.45, 7) is 3.88. The Morgan fingerprint density at radius 1 is 1.54 bits per heavy atom. The van der Waals surface area contributed by atoms with Crippen molar-refractivity contribution in [1.82, 2.24) is 0 Å². The van der Waals surface area contributed by atoms with Crippen molar-refractivity contribution in [3.63, 3.8) is 0 Å². The molecule has 1 heterocycles. The van der Waals surface area contributed by atoms with E-state index in [0.717, 1.165) is 5.75 Å². The summed E-state index contributed by atoms with van der Waals surface area (Å²) in [6.07, 6.45) is 0.437. The molecule has 1 aliphatic rings. The Labute approximate surface area is 82.4 Å². The van der Waals surface area contributed by atoms with Gasteiger partial charge in [-0.25, -0.2) is 8.78 Å². The highest BCUT2D eigenvalue weighted by molar-refractivity contribution is 8.00. The summed E-state index contributed by atoms with van der Waals surface area (Å²) in [5, 5.41) is 0. The lowest BCUT2D eigenvalue weighted by Crippen LogP contribution is -2.39. The van der Waals surface area contributed by atoms with E-state index in [1.807, 2.05) is 13.8 Å². The van der Waals surface area contributed by atoms with Gasteiger partial charge in [-0.3, -0.25) is 0 Å². The third-order valence-corrected chi connectivity index (χ3v) is 4.18. The first-order valence-electron chi connectivity index (χ1n) is 4.62. The number of hydrogen-bond acceptors (Lipinski definition) is 2. The fraction of sp³-hybridized carbons (Fsp3) is 1.00. The average molecular weight is 209 g/mol. The van der Waals surface area contributed by atoms with Gasteiger partial charge in [-0.15, -0.1) is 0 Å². The molecule has 0 aromatic heterocycles. The predicted octanol–water partition coefficient (Wildman–Crippen LogP) is 2.50. The van der Waals surface area contributed by atoms with Crippen LogP contribution in [0.25, 0.3) is 0 Å². The van der Waals surface area contributed by atoms with E-state index in [9.17, 15) is 8.78 Å². The minimum absolute atomic E-state index is 0.0737. The molecule has 0 saturated carbocycles. The van der Waals surface area contributed by atoms with E-state index in [1.165, 1.54) is 0 Å². The zero-order valence-electron chi connectivity index (χ0n) is 8.15. The summed E-state index contributed by atoms with van der Waals surface area (Å²) in [5.41, 5.74) is 5.18. The van der Waals surface area contributed by atoms with Crippen molar-refractivity contribution < 1.29 is 8.78 Å². The van der Waals surface area contributed by atoms with Gasteiger partial charge < -0.3 is 5.73 Å². The lowest BCUT2D eigenvalue weighted by atomic mass is 9.85. The second-order valence-corrected chi connectivity index (χ2v) is 5.84. The fourth-order valence-electron chi connectivity index (χ4n) is 1.97. The van der Waals surface area contributed by atoms with Gasteiger partial charge in [0, 0.05) is 17.1 Å². The Morgan fingerprint density at radius 2 is 2.15 bits per heavy atom. The standard InChI is InChI=1S/C9H17F2NS/c1-8(2)7(3-6-13-8)9(10,11)4-5-12/h7H,3-6,12H2,1-2H3. The van der Waals surface area contributed by atoms with Crippen LogP contribution in [-0.4, -0.2) is 23.0 Å². The maximum absolute atomic E-state index is 13.5. The number of thioether (sulfide) groups is 1. The first-order valence-corrected chi connectivity index (χ1v) is 5.60. The SMILES string of the molecule is CC1(C)SCCC1C(F)(F)CCN. The van der Waals surface area contributed by atoms with Crippen molar-refractivity contribution in [2.24, 2.45) is 11.7 Å². The van der Waals surface area contributed by atoms with E-state index in [0.29, 0.717) is 6.42 Å².